The summed E-state index contributed by atoms with van der Waals surface area (Å²) in [6.07, 6.45) is 3.24. The Balaban J connectivity index is 1.82. The van der Waals surface area contributed by atoms with Crippen molar-refractivity contribution in [2.24, 2.45) is 0 Å². The number of thioether (sulfide) groups is 1. The van der Waals surface area contributed by atoms with Gasteiger partial charge in [0.2, 0.25) is 0 Å². The molecule has 1 saturated heterocycles. The standard InChI is InChI=1S/C12H17NOS/c1-15-12-4-2-10(3-5-12)8-13-11-6-7-14-9-11/h2-5,11,13H,6-9H2,1H3. The average Bonchev–Trinajstić information content (AvgIpc) is 2.80. The number of benzene rings is 1. The van der Waals surface area contributed by atoms with Crippen LogP contribution in [0.4, 0.5) is 0 Å². The number of hydrogen-bond donors (Lipinski definition) is 1. The van der Waals surface area contributed by atoms with Gasteiger partial charge in [-0.1, -0.05) is 12.1 Å². The van der Waals surface area contributed by atoms with E-state index >= 15 is 0 Å². The molecular weight excluding hydrogens is 206 g/mol. The van der Waals surface area contributed by atoms with Gasteiger partial charge in [0.15, 0.2) is 0 Å². The number of ether oxygens (including phenoxy) is 1. The van der Waals surface area contributed by atoms with Crippen LogP contribution < -0.4 is 5.32 Å². The molecule has 1 atom stereocenters. The summed E-state index contributed by atoms with van der Waals surface area (Å²) in [6.45, 7) is 2.72. The number of nitrogens with one attached hydrogen (secondary N) is 1. The molecule has 0 aromatic heterocycles. The van der Waals surface area contributed by atoms with Crippen molar-refractivity contribution >= 4 is 11.8 Å². The molecule has 1 aromatic carbocycles. The normalized spacial score (nSPS) is 20.7. The van der Waals surface area contributed by atoms with E-state index in [1.54, 1.807) is 11.8 Å². The van der Waals surface area contributed by atoms with Crippen LogP contribution >= 0.6 is 11.8 Å². The van der Waals surface area contributed by atoms with E-state index in [2.05, 4.69) is 35.8 Å². The molecule has 0 amide bonds. The van der Waals surface area contributed by atoms with Gasteiger partial charge in [-0.15, -0.1) is 11.8 Å². The predicted molar refractivity (Wildman–Crippen MR) is 64.3 cm³/mol. The molecule has 0 saturated carbocycles. The van der Waals surface area contributed by atoms with Crippen molar-refractivity contribution < 1.29 is 4.74 Å². The lowest BCUT2D eigenvalue weighted by Gasteiger charge is -2.10. The Morgan fingerprint density at radius 2 is 2.20 bits per heavy atom. The Kier molecular flexibility index (Phi) is 4.06. The summed E-state index contributed by atoms with van der Waals surface area (Å²) in [5, 5.41) is 3.50. The smallest absolute Gasteiger partial charge is 0.0620 e. The molecule has 0 radical (unpaired) electrons. The minimum Gasteiger partial charge on any atom is -0.380 e. The SMILES string of the molecule is CSc1ccc(CNC2CCOC2)cc1. The van der Waals surface area contributed by atoms with Crippen LogP contribution in [0, 0.1) is 0 Å². The zero-order chi connectivity index (χ0) is 10.5. The third-order valence-corrected chi connectivity index (χ3v) is 3.43. The molecule has 82 valence electrons. The van der Waals surface area contributed by atoms with E-state index in [-0.39, 0.29) is 0 Å². The van der Waals surface area contributed by atoms with Crippen LogP contribution in [0.3, 0.4) is 0 Å². The average molecular weight is 223 g/mol. The molecule has 1 heterocycles. The molecule has 1 aliphatic rings. The van der Waals surface area contributed by atoms with Crippen molar-refractivity contribution in [2.75, 3.05) is 19.5 Å². The van der Waals surface area contributed by atoms with Crippen LogP contribution in [-0.2, 0) is 11.3 Å². The van der Waals surface area contributed by atoms with Crippen LogP contribution in [0.1, 0.15) is 12.0 Å². The van der Waals surface area contributed by atoms with Crippen molar-refractivity contribution in [1.82, 2.24) is 5.32 Å². The van der Waals surface area contributed by atoms with Gasteiger partial charge in [-0.25, -0.2) is 0 Å². The lowest BCUT2D eigenvalue weighted by Crippen LogP contribution is -2.28. The van der Waals surface area contributed by atoms with Crippen molar-refractivity contribution in [1.29, 1.82) is 0 Å². The van der Waals surface area contributed by atoms with Gasteiger partial charge in [0, 0.05) is 24.1 Å². The van der Waals surface area contributed by atoms with Gasteiger partial charge >= 0.3 is 0 Å². The van der Waals surface area contributed by atoms with E-state index in [4.69, 9.17) is 4.74 Å². The summed E-state index contributed by atoms with van der Waals surface area (Å²) < 4.78 is 5.32. The number of hydrogen-bond acceptors (Lipinski definition) is 3. The fraction of sp³-hybridized carbons (Fsp3) is 0.500. The molecule has 2 nitrogen and oxygen atoms in total. The first-order valence-corrected chi connectivity index (χ1v) is 6.55. The van der Waals surface area contributed by atoms with E-state index in [9.17, 15) is 0 Å². The lowest BCUT2D eigenvalue weighted by atomic mass is 10.2. The molecule has 1 unspecified atom stereocenters. The first kappa shape index (κ1) is 11.0. The predicted octanol–water partition coefficient (Wildman–Crippen LogP) is 2.29. The molecule has 1 aliphatic heterocycles. The Hall–Kier alpha value is -0.510. The summed E-state index contributed by atoms with van der Waals surface area (Å²) in [4.78, 5) is 1.32. The van der Waals surface area contributed by atoms with Crippen LogP contribution in [0.2, 0.25) is 0 Å². The van der Waals surface area contributed by atoms with Crippen molar-refractivity contribution in [2.45, 2.75) is 23.9 Å². The molecule has 0 aliphatic carbocycles. The molecule has 1 fully saturated rings. The van der Waals surface area contributed by atoms with Crippen LogP contribution in [0.25, 0.3) is 0 Å². The van der Waals surface area contributed by atoms with Crippen LogP contribution in [0.5, 0.6) is 0 Å². The molecule has 15 heavy (non-hydrogen) atoms. The summed E-state index contributed by atoms with van der Waals surface area (Å²) in [5.41, 5.74) is 1.35. The maximum Gasteiger partial charge on any atom is 0.0620 e. The fourth-order valence-electron chi connectivity index (χ4n) is 1.70. The molecule has 2 rings (SSSR count). The first-order chi connectivity index (χ1) is 7.38. The highest BCUT2D eigenvalue weighted by molar-refractivity contribution is 7.98. The van der Waals surface area contributed by atoms with Gasteiger partial charge in [0.05, 0.1) is 6.61 Å². The molecule has 0 spiro atoms. The van der Waals surface area contributed by atoms with E-state index in [0.717, 1.165) is 26.2 Å². The summed E-state index contributed by atoms with van der Waals surface area (Å²) >= 11 is 1.78. The third kappa shape index (κ3) is 3.23. The summed E-state index contributed by atoms with van der Waals surface area (Å²) in [7, 11) is 0. The van der Waals surface area contributed by atoms with Gasteiger partial charge in [-0.2, -0.15) is 0 Å². The monoisotopic (exact) mass is 223 g/mol. The van der Waals surface area contributed by atoms with Gasteiger partial charge in [0.25, 0.3) is 0 Å². The lowest BCUT2D eigenvalue weighted by molar-refractivity contribution is 0.190. The molecule has 3 heteroatoms. The minimum absolute atomic E-state index is 0.547. The number of rotatable bonds is 4. The van der Waals surface area contributed by atoms with E-state index < -0.39 is 0 Å². The Morgan fingerprint density at radius 1 is 1.40 bits per heavy atom. The van der Waals surface area contributed by atoms with Gasteiger partial charge in [0.1, 0.15) is 0 Å². The highest BCUT2D eigenvalue weighted by atomic mass is 32.2. The Morgan fingerprint density at radius 3 is 2.80 bits per heavy atom. The van der Waals surface area contributed by atoms with E-state index in [1.165, 1.54) is 10.5 Å². The van der Waals surface area contributed by atoms with Crippen molar-refractivity contribution in [3.8, 4) is 0 Å². The summed E-state index contributed by atoms with van der Waals surface area (Å²) in [6, 6.07) is 9.27. The molecule has 1 N–H and O–H groups in total. The quantitative estimate of drug-likeness (QED) is 0.791. The second kappa shape index (κ2) is 5.54. The van der Waals surface area contributed by atoms with Gasteiger partial charge < -0.3 is 10.1 Å². The maximum absolute atomic E-state index is 5.32. The molecular formula is C12H17NOS. The van der Waals surface area contributed by atoms with Crippen LogP contribution in [0.15, 0.2) is 29.2 Å². The second-order valence-electron chi connectivity index (χ2n) is 3.79. The van der Waals surface area contributed by atoms with Gasteiger partial charge in [-0.3, -0.25) is 0 Å². The fourth-order valence-corrected chi connectivity index (χ4v) is 2.11. The highest BCUT2D eigenvalue weighted by Gasteiger charge is 2.13. The first-order valence-electron chi connectivity index (χ1n) is 5.32. The van der Waals surface area contributed by atoms with Gasteiger partial charge in [-0.05, 0) is 30.4 Å². The van der Waals surface area contributed by atoms with Crippen molar-refractivity contribution in [3.63, 3.8) is 0 Å². The van der Waals surface area contributed by atoms with Crippen molar-refractivity contribution in [3.05, 3.63) is 29.8 Å². The van der Waals surface area contributed by atoms with E-state index in [0.29, 0.717) is 6.04 Å². The topological polar surface area (TPSA) is 21.3 Å². The van der Waals surface area contributed by atoms with E-state index in [1.807, 2.05) is 0 Å². The third-order valence-electron chi connectivity index (χ3n) is 2.68. The van der Waals surface area contributed by atoms with Crippen LogP contribution in [-0.4, -0.2) is 25.5 Å². The highest BCUT2D eigenvalue weighted by Crippen LogP contribution is 2.15. The molecule has 1 aromatic rings. The zero-order valence-electron chi connectivity index (χ0n) is 9.03. The molecule has 0 bridgehead atoms. The second-order valence-corrected chi connectivity index (χ2v) is 4.67. The Labute approximate surface area is 95.4 Å². The maximum atomic E-state index is 5.32. The minimum atomic E-state index is 0.547. The summed E-state index contributed by atoms with van der Waals surface area (Å²) in [5.74, 6) is 0. The largest absolute Gasteiger partial charge is 0.380 e. The zero-order valence-corrected chi connectivity index (χ0v) is 9.85. The Bertz CT molecular complexity index is 293.